The summed E-state index contributed by atoms with van der Waals surface area (Å²) >= 11 is 0. The predicted octanol–water partition coefficient (Wildman–Crippen LogP) is 4.91. The minimum Gasteiger partial charge on any atom is -0.378 e. The highest BCUT2D eigenvalue weighted by molar-refractivity contribution is 5.86. The number of alkyl halides is 2. The number of fused-ring (bicyclic) bond motifs is 2. The Bertz CT molecular complexity index is 1500. The highest BCUT2D eigenvalue weighted by Gasteiger charge is 2.37. The first-order valence-corrected chi connectivity index (χ1v) is 14.4. The lowest BCUT2D eigenvalue weighted by Crippen LogP contribution is -2.37. The molecule has 3 aromatic heterocycles. The molecule has 0 N–H and O–H groups in total. The second-order valence-electron chi connectivity index (χ2n) is 11.4. The zero-order valence-electron chi connectivity index (χ0n) is 23.8. The Morgan fingerprint density at radius 2 is 1.73 bits per heavy atom. The molecular weight excluding hydrogens is 514 g/mol. The van der Waals surface area contributed by atoms with Gasteiger partial charge in [-0.05, 0) is 49.9 Å². The van der Waals surface area contributed by atoms with Gasteiger partial charge in [0.05, 0.1) is 30.8 Å². The van der Waals surface area contributed by atoms with Crippen molar-refractivity contribution in [3.05, 3.63) is 35.9 Å². The molecular formula is C29H38F2N8O. The van der Waals surface area contributed by atoms with Crippen molar-refractivity contribution in [3.8, 4) is 5.95 Å². The van der Waals surface area contributed by atoms with Crippen molar-refractivity contribution >= 4 is 28.0 Å². The average Bonchev–Trinajstić information content (AvgIpc) is 3.52. The Labute approximate surface area is 233 Å². The topological polar surface area (TPSA) is 77.1 Å². The first kappa shape index (κ1) is 27.0. The van der Waals surface area contributed by atoms with Crippen LogP contribution in [0.2, 0.25) is 0 Å². The number of ether oxygens (including phenoxy) is 1. The molecule has 6 rings (SSSR count). The average molecular weight is 553 g/mol. The molecule has 9 nitrogen and oxygen atoms in total. The van der Waals surface area contributed by atoms with Crippen molar-refractivity contribution < 1.29 is 13.5 Å². The normalized spacial score (nSPS) is 18.0. The number of para-hydroxylation sites is 2. The highest BCUT2D eigenvalue weighted by Crippen LogP contribution is 2.36. The molecule has 2 saturated heterocycles. The van der Waals surface area contributed by atoms with E-state index in [9.17, 15) is 0 Å². The molecule has 0 saturated carbocycles. The van der Waals surface area contributed by atoms with E-state index in [2.05, 4.69) is 28.6 Å². The van der Waals surface area contributed by atoms with E-state index >= 15 is 8.78 Å². The second kappa shape index (κ2) is 10.7. The largest absolute Gasteiger partial charge is 0.378 e. The molecule has 2 aliphatic rings. The van der Waals surface area contributed by atoms with Crippen LogP contribution < -0.4 is 4.90 Å². The summed E-state index contributed by atoms with van der Waals surface area (Å²) in [6, 6.07) is 7.15. The van der Waals surface area contributed by atoms with Gasteiger partial charge in [0.1, 0.15) is 5.82 Å². The summed E-state index contributed by atoms with van der Waals surface area (Å²) in [7, 11) is 1.96. The maximum atomic E-state index is 15.3. The van der Waals surface area contributed by atoms with Crippen molar-refractivity contribution in [2.24, 2.45) is 18.9 Å². The van der Waals surface area contributed by atoms with Gasteiger partial charge >= 0.3 is 5.92 Å². The monoisotopic (exact) mass is 552 g/mol. The van der Waals surface area contributed by atoms with Gasteiger partial charge in [-0.3, -0.25) is 9.47 Å². The van der Waals surface area contributed by atoms with Gasteiger partial charge in [0.2, 0.25) is 5.95 Å². The fraction of sp³-hybridized carbons (Fsp3) is 0.586. The number of likely N-dealkylation sites (tertiary alicyclic amines) is 1. The van der Waals surface area contributed by atoms with Gasteiger partial charge in [-0.15, -0.1) is 0 Å². The number of aromatic nitrogens is 6. The van der Waals surface area contributed by atoms with Crippen LogP contribution in [0, 0.1) is 11.8 Å². The van der Waals surface area contributed by atoms with Gasteiger partial charge in [0.25, 0.3) is 0 Å². The number of halogens is 2. The molecule has 2 aliphatic heterocycles. The van der Waals surface area contributed by atoms with Crippen LogP contribution in [0.1, 0.15) is 51.7 Å². The number of piperidine rings is 1. The van der Waals surface area contributed by atoms with Crippen LogP contribution >= 0.6 is 0 Å². The lowest BCUT2D eigenvalue weighted by molar-refractivity contribution is -0.0187. The maximum absolute atomic E-state index is 15.3. The van der Waals surface area contributed by atoms with E-state index in [1.165, 1.54) is 24.3 Å². The van der Waals surface area contributed by atoms with E-state index in [1.54, 1.807) is 18.2 Å². The summed E-state index contributed by atoms with van der Waals surface area (Å²) in [5.74, 6) is -0.306. The van der Waals surface area contributed by atoms with Crippen molar-refractivity contribution in [1.82, 2.24) is 34.0 Å². The third-order valence-electron chi connectivity index (χ3n) is 8.56. The van der Waals surface area contributed by atoms with E-state index < -0.39 is 5.92 Å². The number of morpholine rings is 1. The third-order valence-corrected chi connectivity index (χ3v) is 8.56. The first-order chi connectivity index (χ1) is 19.3. The smallest absolute Gasteiger partial charge is 0.305 e. The molecule has 5 heterocycles. The fourth-order valence-corrected chi connectivity index (χ4v) is 5.93. The number of aryl methyl sites for hydroxylation is 1. The Balaban J connectivity index is 1.48. The van der Waals surface area contributed by atoms with E-state index in [1.807, 2.05) is 17.7 Å². The molecule has 214 valence electrons. The Morgan fingerprint density at radius 3 is 2.42 bits per heavy atom. The summed E-state index contributed by atoms with van der Waals surface area (Å²) in [5.41, 5.74) is 2.35. The predicted molar refractivity (Wildman–Crippen MR) is 151 cm³/mol. The van der Waals surface area contributed by atoms with E-state index in [0.717, 1.165) is 24.8 Å². The molecule has 0 spiro atoms. The summed E-state index contributed by atoms with van der Waals surface area (Å²) in [4.78, 5) is 23.8. The lowest BCUT2D eigenvalue weighted by Gasteiger charge is -2.33. The molecule has 0 aliphatic carbocycles. The van der Waals surface area contributed by atoms with Crippen LogP contribution in [0.3, 0.4) is 0 Å². The fourth-order valence-electron chi connectivity index (χ4n) is 5.93. The molecule has 0 atom stereocenters. The second-order valence-corrected chi connectivity index (χ2v) is 11.4. The minimum absolute atomic E-state index is 0.179. The summed E-state index contributed by atoms with van der Waals surface area (Å²) in [6.07, 6.45) is 2.00. The summed E-state index contributed by atoms with van der Waals surface area (Å²) < 4.78 is 39.6. The maximum Gasteiger partial charge on any atom is 0.305 e. The number of benzene rings is 1. The highest BCUT2D eigenvalue weighted by atomic mass is 19.3. The molecule has 0 unspecified atom stereocenters. The van der Waals surface area contributed by atoms with Crippen molar-refractivity contribution in [1.29, 1.82) is 0 Å². The van der Waals surface area contributed by atoms with E-state index in [-0.39, 0.29) is 18.2 Å². The van der Waals surface area contributed by atoms with Crippen LogP contribution in [-0.4, -0.2) is 73.4 Å². The Morgan fingerprint density at radius 1 is 1.00 bits per heavy atom. The molecule has 4 aromatic rings. The van der Waals surface area contributed by atoms with Gasteiger partial charge < -0.3 is 14.2 Å². The minimum atomic E-state index is -3.14. The molecule has 1 aromatic carbocycles. The Kier molecular flexibility index (Phi) is 7.20. The molecule has 40 heavy (non-hydrogen) atoms. The van der Waals surface area contributed by atoms with Crippen LogP contribution in [-0.2, 0) is 24.3 Å². The molecule has 11 heteroatoms. The van der Waals surface area contributed by atoms with Gasteiger partial charge in [-0.1, -0.05) is 32.9 Å². The number of hydrogen-bond acceptors (Lipinski definition) is 7. The first-order valence-electron chi connectivity index (χ1n) is 14.4. The number of hydrogen-bond donors (Lipinski definition) is 0. The molecule has 2 fully saturated rings. The van der Waals surface area contributed by atoms with Gasteiger partial charge in [-0.2, -0.15) is 18.7 Å². The van der Waals surface area contributed by atoms with Crippen LogP contribution in [0.4, 0.5) is 14.6 Å². The van der Waals surface area contributed by atoms with Crippen LogP contribution in [0.15, 0.2) is 24.3 Å². The lowest BCUT2D eigenvalue weighted by atomic mass is 9.87. The van der Waals surface area contributed by atoms with Crippen LogP contribution in [0.5, 0.6) is 0 Å². The number of anilines is 1. The van der Waals surface area contributed by atoms with E-state index in [4.69, 9.17) is 19.7 Å². The van der Waals surface area contributed by atoms with Crippen molar-refractivity contribution in [2.45, 2.75) is 52.5 Å². The number of imidazole rings is 2. The molecule has 0 amide bonds. The Hall–Kier alpha value is -3.18. The SMILES string of the molecule is CCC(F)(F)c1nc2ccccc2n1-c1nc(N2CCOCC2)c2nc(CN3CCC(C(C)C)CC3)n(C)c2n1. The molecule has 0 radical (unpaired) electrons. The summed E-state index contributed by atoms with van der Waals surface area (Å²) in [6.45, 7) is 11.3. The summed E-state index contributed by atoms with van der Waals surface area (Å²) in [5, 5.41) is 0. The van der Waals surface area contributed by atoms with Crippen LogP contribution in [0.25, 0.3) is 28.1 Å². The third kappa shape index (κ3) is 4.83. The number of rotatable bonds is 7. The zero-order chi connectivity index (χ0) is 28.0. The van der Waals surface area contributed by atoms with Gasteiger partial charge in [-0.25, -0.2) is 9.97 Å². The van der Waals surface area contributed by atoms with E-state index in [0.29, 0.717) is 66.8 Å². The van der Waals surface area contributed by atoms with Gasteiger partial charge in [0, 0.05) is 26.6 Å². The van der Waals surface area contributed by atoms with Crippen molar-refractivity contribution in [2.75, 3.05) is 44.3 Å². The zero-order valence-corrected chi connectivity index (χ0v) is 23.8. The standard InChI is InChI=1S/C29H38F2N8O/c1-5-29(30,31)27-32-21-8-6-7-9-22(21)39(27)28-34-25-24(26(35-28)38-14-16-40-17-15-38)33-23(36(25)4)18-37-12-10-20(11-13-37)19(2)3/h6-9,19-20H,5,10-18H2,1-4H3. The quantitative estimate of drug-likeness (QED) is 0.323. The van der Waals surface area contributed by atoms with Gasteiger partial charge in [0.15, 0.2) is 22.8 Å². The van der Waals surface area contributed by atoms with Crippen molar-refractivity contribution in [3.63, 3.8) is 0 Å². The molecule has 0 bridgehead atoms. The number of nitrogens with zero attached hydrogens (tertiary/aromatic N) is 8.